The molecule has 10 heteroatoms. The maximum atomic E-state index is 13.1. The molecule has 2 aromatic heterocycles. The Bertz CT molecular complexity index is 1190. The summed E-state index contributed by atoms with van der Waals surface area (Å²) in [5.74, 6) is 0.986. The summed E-state index contributed by atoms with van der Waals surface area (Å²) in [7, 11) is 1.59. The van der Waals surface area contributed by atoms with E-state index < -0.39 is 5.56 Å². The molecule has 32 heavy (non-hydrogen) atoms. The van der Waals surface area contributed by atoms with E-state index >= 15 is 0 Å². The molecule has 1 atom stereocenters. The topological polar surface area (TPSA) is 100 Å². The van der Waals surface area contributed by atoms with Crippen molar-refractivity contribution >= 4 is 46.1 Å². The number of furan rings is 1. The first kappa shape index (κ1) is 22.3. The van der Waals surface area contributed by atoms with Crippen LogP contribution in [0.25, 0.3) is 6.08 Å². The fraction of sp³-hybridized carbons (Fsp3) is 0.364. The molecule has 0 spiro atoms. The maximum Gasteiger partial charge on any atom is 0.270 e. The molecule has 2 aromatic rings. The molecule has 0 radical (unpaired) electrons. The molecule has 1 unspecified atom stereocenters. The summed E-state index contributed by atoms with van der Waals surface area (Å²) in [6, 6.07) is 5.59. The largest absolute Gasteiger partial charge is 0.467 e. The van der Waals surface area contributed by atoms with Crippen LogP contribution in [-0.4, -0.2) is 39.0 Å². The number of ether oxygens (including phenoxy) is 1. The summed E-state index contributed by atoms with van der Waals surface area (Å²) >= 11 is 6.66. The number of nitriles is 1. The van der Waals surface area contributed by atoms with Crippen molar-refractivity contribution in [3.8, 4) is 6.07 Å². The molecule has 2 saturated heterocycles. The average molecular weight is 471 g/mol. The lowest BCUT2D eigenvalue weighted by Gasteiger charge is -2.19. The van der Waals surface area contributed by atoms with E-state index in [2.05, 4.69) is 5.32 Å². The van der Waals surface area contributed by atoms with Gasteiger partial charge in [-0.2, -0.15) is 5.26 Å². The number of amides is 1. The zero-order valence-electron chi connectivity index (χ0n) is 17.7. The van der Waals surface area contributed by atoms with Crippen molar-refractivity contribution < 1.29 is 13.9 Å². The molecule has 0 aliphatic carbocycles. The van der Waals surface area contributed by atoms with E-state index in [0.717, 1.165) is 12.8 Å². The minimum absolute atomic E-state index is 0.00755. The number of hydrogen-bond donors (Lipinski definition) is 1. The maximum absolute atomic E-state index is 13.1. The Morgan fingerprint density at radius 3 is 2.91 bits per heavy atom. The van der Waals surface area contributed by atoms with Gasteiger partial charge in [-0.05, 0) is 43.5 Å². The van der Waals surface area contributed by atoms with Gasteiger partial charge in [-0.15, -0.1) is 0 Å². The predicted molar refractivity (Wildman–Crippen MR) is 126 cm³/mol. The minimum atomic E-state index is -0.407. The van der Waals surface area contributed by atoms with E-state index in [4.69, 9.17) is 21.4 Å². The van der Waals surface area contributed by atoms with Crippen LogP contribution in [-0.2, 0) is 23.1 Å². The van der Waals surface area contributed by atoms with Crippen molar-refractivity contribution in [1.29, 1.82) is 5.26 Å². The number of carbonyl (C=O) groups is 1. The lowest BCUT2D eigenvalue weighted by atomic mass is 10.0. The molecule has 2 fully saturated rings. The summed E-state index contributed by atoms with van der Waals surface area (Å²) in [6.45, 7) is 3.18. The van der Waals surface area contributed by atoms with Gasteiger partial charge in [-0.3, -0.25) is 19.1 Å². The average Bonchev–Trinajstić information content (AvgIpc) is 3.52. The van der Waals surface area contributed by atoms with Crippen LogP contribution in [0.1, 0.15) is 35.3 Å². The summed E-state index contributed by atoms with van der Waals surface area (Å²) in [5, 5.41) is 12.8. The first-order valence-electron chi connectivity index (χ1n) is 10.2. The van der Waals surface area contributed by atoms with Crippen molar-refractivity contribution in [3.05, 3.63) is 56.1 Å². The van der Waals surface area contributed by atoms with Gasteiger partial charge in [0.1, 0.15) is 27.5 Å². The number of carbonyl (C=O) groups excluding carboxylic acids is 1. The van der Waals surface area contributed by atoms with Crippen LogP contribution in [0.3, 0.4) is 0 Å². The quantitative estimate of drug-likeness (QED) is 0.508. The molecule has 8 nitrogen and oxygen atoms in total. The number of aromatic nitrogens is 1. The predicted octanol–water partition coefficient (Wildman–Crippen LogP) is 3.15. The van der Waals surface area contributed by atoms with Gasteiger partial charge >= 0.3 is 0 Å². The first-order valence-corrected chi connectivity index (χ1v) is 11.4. The van der Waals surface area contributed by atoms with Crippen LogP contribution in [0, 0.1) is 18.3 Å². The second kappa shape index (κ2) is 9.32. The number of hydrogen-bond acceptors (Lipinski definition) is 8. The van der Waals surface area contributed by atoms with Gasteiger partial charge in [-0.1, -0.05) is 24.0 Å². The highest BCUT2D eigenvalue weighted by Crippen LogP contribution is 2.35. The highest BCUT2D eigenvalue weighted by molar-refractivity contribution is 8.26. The fourth-order valence-corrected chi connectivity index (χ4v) is 5.07. The third kappa shape index (κ3) is 4.24. The van der Waals surface area contributed by atoms with E-state index in [1.807, 2.05) is 12.1 Å². The van der Waals surface area contributed by atoms with Crippen molar-refractivity contribution in [1.82, 2.24) is 9.47 Å². The Morgan fingerprint density at radius 2 is 2.25 bits per heavy atom. The molecule has 166 valence electrons. The highest BCUT2D eigenvalue weighted by Gasteiger charge is 2.35. The first-order chi connectivity index (χ1) is 15.4. The van der Waals surface area contributed by atoms with Crippen molar-refractivity contribution in [3.63, 3.8) is 0 Å². The van der Waals surface area contributed by atoms with Gasteiger partial charge in [0.15, 0.2) is 0 Å². The van der Waals surface area contributed by atoms with Crippen molar-refractivity contribution in [2.45, 2.75) is 32.4 Å². The summed E-state index contributed by atoms with van der Waals surface area (Å²) < 4.78 is 12.9. The number of anilines is 1. The Morgan fingerprint density at radius 1 is 1.44 bits per heavy atom. The number of pyridine rings is 1. The molecule has 2 aliphatic rings. The molecule has 4 rings (SSSR count). The monoisotopic (exact) mass is 470 g/mol. The van der Waals surface area contributed by atoms with Gasteiger partial charge in [0.2, 0.25) is 0 Å². The van der Waals surface area contributed by atoms with E-state index in [9.17, 15) is 14.9 Å². The molecular formula is C22H22N4O4S2. The summed E-state index contributed by atoms with van der Waals surface area (Å²) in [5.41, 5.74) is 0.724. The molecule has 4 heterocycles. The number of rotatable bonds is 6. The van der Waals surface area contributed by atoms with Crippen LogP contribution in [0.4, 0.5) is 5.82 Å². The minimum Gasteiger partial charge on any atom is -0.467 e. The van der Waals surface area contributed by atoms with Crippen LogP contribution >= 0.6 is 24.0 Å². The van der Waals surface area contributed by atoms with Gasteiger partial charge < -0.3 is 14.5 Å². The highest BCUT2D eigenvalue weighted by atomic mass is 32.2. The summed E-state index contributed by atoms with van der Waals surface area (Å²) in [6.07, 6.45) is 5.15. The van der Waals surface area contributed by atoms with E-state index in [1.165, 1.54) is 16.3 Å². The zero-order chi connectivity index (χ0) is 22.8. The molecule has 0 bridgehead atoms. The molecule has 1 amide bonds. The Kier molecular flexibility index (Phi) is 6.50. The van der Waals surface area contributed by atoms with Gasteiger partial charge in [0.05, 0.1) is 30.4 Å². The molecule has 2 aliphatic heterocycles. The Labute approximate surface area is 194 Å². The number of thioether (sulfide) groups is 1. The van der Waals surface area contributed by atoms with Gasteiger partial charge in [0.25, 0.3) is 11.5 Å². The normalized spacial score (nSPS) is 19.7. The van der Waals surface area contributed by atoms with E-state index in [1.54, 1.807) is 37.3 Å². The lowest BCUT2D eigenvalue weighted by molar-refractivity contribution is -0.123. The van der Waals surface area contributed by atoms with Crippen molar-refractivity contribution in [2.75, 3.05) is 18.5 Å². The lowest BCUT2D eigenvalue weighted by Crippen LogP contribution is -2.35. The zero-order valence-corrected chi connectivity index (χ0v) is 19.3. The standard InChI is InChI=1S/C22H22N4O4S2/c1-13-16(9-18-21(28)26(22(31)32-18)12-15-6-4-8-30-15)19(24-11-14-5-3-7-29-14)25(2)20(27)17(13)10-23/h3,5,7,9,15,24H,4,6,8,11-12H2,1-2H3/b18-9-. The molecule has 1 N–H and O–H groups in total. The van der Waals surface area contributed by atoms with E-state index in [-0.39, 0.29) is 17.6 Å². The molecule has 0 saturated carbocycles. The SMILES string of the molecule is Cc1c(/C=C2\SC(=S)N(CC3CCCO3)C2=O)c(NCc2ccco2)n(C)c(=O)c1C#N. The van der Waals surface area contributed by atoms with Gasteiger partial charge in [0, 0.05) is 19.2 Å². The van der Waals surface area contributed by atoms with Crippen LogP contribution < -0.4 is 10.9 Å². The van der Waals surface area contributed by atoms with E-state index in [0.29, 0.717) is 51.6 Å². The number of nitrogens with one attached hydrogen (secondary N) is 1. The smallest absolute Gasteiger partial charge is 0.270 e. The Balaban J connectivity index is 1.71. The second-order valence-corrected chi connectivity index (χ2v) is 9.27. The third-order valence-corrected chi connectivity index (χ3v) is 6.95. The number of nitrogens with zero attached hydrogens (tertiary/aromatic N) is 3. The molecule has 0 aromatic carbocycles. The Hall–Kier alpha value is -2.87. The van der Waals surface area contributed by atoms with Crippen molar-refractivity contribution in [2.24, 2.45) is 7.05 Å². The summed E-state index contributed by atoms with van der Waals surface area (Å²) in [4.78, 5) is 27.8. The van der Waals surface area contributed by atoms with Gasteiger partial charge in [-0.25, -0.2) is 0 Å². The molecular weight excluding hydrogens is 448 g/mol. The van der Waals surface area contributed by atoms with Crippen LogP contribution in [0.2, 0.25) is 0 Å². The fourth-order valence-electron chi connectivity index (χ4n) is 3.81. The third-order valence-electron chi connectivity index (χ3n) is 5.57. The van der Waals surface area contributed by atoms with Crippen LogP contribution in [0.5, 0.6) is 0 Å². The second-order valence-electron chi connectivity index (χ2n) is 7.60. The number of thiocarbonyl (C=S) groups is 1. The van der Waals surface area contributed by atoms with Crippen LogP contribution in [0.15, 0.2) is 32.5 Å².